The van der Waals surface area contributed by atoms with Crippen molar-refractivity contribution in [1.82, 2.24) is 5.32 Å². The quantitative estimate of drug-likeness (QED) is 0.770. The summed E-state index contributed by atoms with van der Waals surface area (Å²) in [6.07, 6.45) is 8.87. The van der Waals surface area contributed by atoms with Crippen LogP contribution in [0, 0.1) is 12.3 Å². The molecule has 0 aromatic heterocycles. The molecule has 1 heterocycles. The van der Waals surface area contributed by atoms with E-state index in [4.69, 9.17) is 15.5 Å². The third kappa shape index (κ3) is 2.32. The molecule has 2 atom stereocenters. The van der Waals surface area contributed by atoms with Crippen molar-refractivity contribution in [3.05, 3.63) is 33.3 Å². The summed E-state index contributed by atoms with van der Waals surface area (Å²) < 4.78 is 6.74. The summed E-state index contributed by atoms with van der Waals surface area (Å²) in [6, 6.07) is 4.47. The lowest BCUT2D eigenvalue weighted by Crippen LogP contribution is -2.59. The highest BCUT2D eigenvalue weighted by Crippen LogP contribution is 2.58. The van der Waals surface area contributed by atoms with Gasteiger partial charge in [0.25, 0.3) is 0 Å². The van der Waals surface area contributed by atoms with E-state index in [1.807, 2.05) is 13.3 Å². The van der Waals surface area contributed by atoms with Crippen LogP contribution in [0.1, 0.15) is 48.8 Å². The first kappa shape index (κ1) is 16.7. The van der Waals surface area contributed by atoms with Crippen LogP contribution in [-0.4, -0.2) is 25.6 Å². The molecule has 0 saturated heterocycles. The Morgan fingerprint density at radius 1 is 1.29 bits per heavy atom. The van der Waals surface area contributed by atoms with Crippen molar-refractivity contribution < 1.29 is 4.74 Å². The summed E-state index contributed by atoms with van der Waals surface area (Å²) in [4.78, 5) is 5.04. The number of hydrogen-bond donors (Lipinski definition) is 2. The van der Waals surface area contributed by atoms with E-state index in [0.717, 1.165) is 43.0 Å². The minimum absolute atomic E-state index is 0.132. The van der Waals surface area contributed by atoms with Crippen LogP contribution in [0.5, 0.6) is 0 Å². The minimum Gasteiger partial charge on any atom is -0.381 e. The summed E-state index contributed by atoms with van der Waals surface area (Å²) in [5.74, 6) is 0. The number of nitrogens with zero attached hydrogens (tertiary/aromatic N) is 1. The van der Waals surface area contributed by atoms with Crippen molar-refractivity contribution in [2.24, 2.45) is 16.1 Å². The van der Waals surface area contributed by atoms with Gasteiger partial charge in [-0.1, -0.05) is 15.9 Å². The summed E-state index contributed by atoms with van der Waals surface area (Å²) in [6.45, 7) is 2.20. The summed E-state index contributed by atoms with van der Waals surface area (Å²) in [7, 11) is 1.83. The Labute approximate surface area is 152 Å². The maximum atomic E-state index is 6.22. The Morgan fingerprint density at radius 3 is 2.67 bits per heavy atom. The van der Waals surface area contributed by atoms with Crippen molar-refractivity contribution >= 4 is 22.1 Å². The second-order valence-corrected chi connectivity index (χ2v) is 8.54. The first-order valence-corrected chi connectivity index (χ1v) is 9.70. The molecule has 3 N–H and O–H groups in total. The van der Waals surface area contributed by atoms with E-state index in [1.165, 1.54) is 16.7 Å². The van der Waals surface area contributed by atoms with Crippen molar-refractivity contribution in [3.8, 4) is 0 Å². The van der Waals surface area contributed by atoms with Crippen LogP contribution in [0.15, 0.2) is 21.6 Å². The van der Waals surface area contributed by atoms with Gasteiger partial charge in [-0.05, 0) is 74.3 Å². The summed E-state index contributed by atoms with van der Waals surface area (Å²) in [5.41, 5.74) is 10.1. The molecule has 2 spiro atoms. The molecule has 1 aromatic carbocycles. The van der Waals surface area contributed by atoms with Crippen LogP contribution in [0.25, 0.3) is 0 Å². The predicted molar refractivity (Wildman–Crippen MR) is 100 cm³/mol. The van der Waals surface area contributed by atoms with Gasteiger partial charge in [-0.2, -0.15) is 0 Å². The van der Waals surface area contributed by atoms with Crippen LogP contribution in [0.3, 0.4) is 0 Å². The van der Waals surface area contributed by atoms with Gasteiger partial charge in [0, 0.05) is 23.2 Å². The zero-order chi connectivity index (χ0) is 16.9. The topological polar surface area (TPSA) is 59.6 Å². The van der Waals surface area contributed by atoms with E-state index < -0.39 is 0 Å². The van der Waals surface area contributed by atoms with Crippen LogP contribution in [0.2, 0.25) is 0 Å². The Bertz CT molecular complexity index is 681. The number of aryl methyl sites for hydroxylation is 1. The number of ether oxygens (including phenoxy) is 1. The maximum absolute atomic E-state index is 6.22. The molecule has 0 bridgehead atoms. The highest BCUT2D eigenvalue weighted by Gasteiger charge is 2.58. The van der Waals surface area contributed by atoms with Gasteiger partial charge in [-0.3, -0.25) is 10.3 Å². The fourth-order valence-electron chi connectivity index (χ4n) is 5.20. The van der Waals surface area contributed by atoms with Gasteiger partial charge in [0.05, 0.1) is 12.3 Å². The number of hydrogen-bond acceptors (Lipinski definition) is 4. The SMILES string of the molecule is COC1CCC2(CCc3c(C)cc(Br)cc3C23N=CC(N)N3)CC1. The lowest BCUT2D eigenvalue weighted by Gasteiger charge is -2.54. The van der Waals surface area contributed by atoms with Gasteiger partial charge in [0.2, 0.25) is 0 Å². The number of nitrogens with two attached hydrogens (primary N) is 1. The number of rotatable bonds is 1. The zero-order valence-electron chi connectivity index (χ0n) is 14.4. The van der Waals surface area contributed by atoms with Gasteiger partial charge >= 0.3 is 0 Å². The standard InChI is InChI=1S/C19H26BrN3O/c1-12-9-13(20)10-16-15(12)5-8-18(6-3-14(24-2)4-7-18)19(16)22-11-17(21)23-19/h9-11,14,17,23H,3-8,21H2,1-2H3. The number of methoxy groups -OCH3 is 1. The van der Waals surface area contributed by atoms with Gasteiger partial charge in [0.1, 0.15) is 5.66 Å². The molecule has 4 nitrogen and oxygen atoms in total. The average molecular weight is 392 g/mol. The van der Waals surface area contributed by atoms with Crippen LogP contribution in [0.4, 0.5) is 0 Å². The lowest BCUT2D eigenvalue weighted by atomic mass is 9.57. The molecular formula is C19H26BrN3O. The van der Waals surface area contributed by atoms with Crippen molar-refractivity contribution in [2.75, 3.05) is 7.11 Å². The van der Waals surface area contributed by atoms with Crippen LogP contribution >= 0.6 is 15.9 Å². The van der Waals surface area contributed by atoms with E-state index in [-0.39, 0.29) is 17.2 Å². The van der Waals surface area contributed by atoms with E-state index in [2.05, 4.69) is 40.3 Å². The molecule has 3 aliphatic rings. The Kier molecular flexibility index (Phi) is 4.11. The van der Waals surface area contributed by atoms with Gasteiger partial charge in [-0.25, -0.2) is 0 Å². The van der Waals surface area contributed by atoms with Crippen molar-refractivity contribution in [3.63, 3.8) is 0 Å². The Balaban J connectivity index is 1.84. The fourth-order valence-corrected chi connectivity index (χ4v) is 5.77. The minimum atomic E-state index is -0.382. The molecule has 1 fully saturated rings. The predicted octanol–water partition coefficient (Wildman–Crippen LogP) is 3.39. The third-order valence-electron chi connectivity index (χ3n) is 6.48. The lowest BCUT2D eigenvalue weighted by molar-refractivity contribution is -0.0315. The number of nitrogens with one attached hydrogen (secondary N) is 1. The van der Waals surface area contributed by atoms with Crippen molar-refractivity contribution in [1.29, 1.82) is 0 Å². The molecule has 2 unspecified atom stereocenters. The second-order valence-electron chi connectivity index (χ2n) is 7.62. The van der Waals surface area contributed by atoms with Gasteiger partial charge in [-0.15, -0.1) is 0 Å². The zero-order valence-corrected chi connectivity index (χ0v) is 16.0. The molecular weight excluding hydrogens is 366 g/mol. The highest BCUT2D eigenvalue weighted by atomic mass is 79.9. The first-order chi connectivity index (χ1) is 11.5. The van der Waals surface area contributed by atoms with E-state index in [1.54, 1.807) is 0 Å². The highest BCUT2D eigenvalue weighted by molar-refractivity contribution is 9.10. The van der Waals surface area contributed by atoms with Crippen LogP contribution < -0.4 is 11.1 Å². The number of aliphatic imine (C=N–C) groups is 1. The molecule has 5 heteroatoms. The number of fused-ring (bicyclic) bond motifs is 3. The molecule has 130 valence electrons. The Hall–Kier alpha value is -0.750. The normalized spacial score (nSPS) is 38.0. The number of benzene rings is 1. The molecule has 1 saturated carbocycles. The monoisotopic (exact) mass is 391 g/mol. The summed E-state index contributed by atoms with van der Waals surface area (Å²) >= 11 is 3.69. The van der Waals surface area contributed by atoms with E-state index in [9.17, 15) is 0 Å². The summed E-state index contributed by atoms with van der Waals surface area (Å²) in [5, 5.41) is 3.67. The maximum Gasteiger partial charge on any atom is 0.143 e. The molecule has 1 aromatic rings. The average Bonchev–Trinajstić information content (AvgIpc) is 2.96. The molecule has 1 aliphatic heterocycles. The second kappa shape index (κ2) is 5.90. The van der Waals surface area contributed by atoms with E-state index >= 15 is 0 Å². The third-order valence-corrected chi connectivity index (χ3v) is 6.93. The first-order valence-electron chi connectivity index (χ1n) is 8.91. The molecule has 2 aliphatic carbocycles. The fraction of sp³-hybridized carbons (Fsp3) is 0.632. The molecule has 4 rings (SSSR count). The smallest absolute Gasteiger partial charge is 0.143 e. The van der Waals surface area contributed by atoms with Crippen LogP contribution in [-0.2, 0) is 16.8 Å². The largest absolute Gasteiger partial charge is 0.381 e. The molecule has 0 amide bonds. The van der Waals surface area contributed by atoms with Crippen molar-refractivity contribution in [2.45, 2.75) is 63.4 Å². The number of halogens is 1. The van der Waals surface area contributed by atoms with E-state index in [0.29, 0.717) is 6.10 Å². The molecule has 0 radical (unpaired) electrons. The molecule has 24 heavy (non-hydrogen) atoms. The van der Waals surface area contributed by atoms with Gasteiger partial charge < -0.3 is 10.5 Å². The Morgan fingerprint density at radius 2 is 2.04 bits per heavy atom. The van der Waals surface area contributed by atoms with Gasteiger partial charge in [0.15, 0.2) is 0 Å².